The molecule has 12 heteroatoms. The normalized spacial score (nSPS) is 17.4. The molecule has 3 aromatic heterocycles. The van der Waals surface area contributed by atoms with Gasteiger partial charge in [-0.3, -0.25) is 4.90 Å². The molecule has 0 bridgehead atoms. The fraction of sp³-hybridized carbons (Fsp3) is 0.344. The van der Waals surface area contributed by atoms with Gasteiger partial charge in [0.2, 0.25) is 5.88 Å². The van der Waals surface area contributed by atoms with E-state index < -0.39 is 11.6 Å². The van der Waals surface area contributed by atoms with E-state index in [-0.39, 0.29) is 24.2 Å². The third kappa shape index (κ3) is 5.84. The minimum atomic E-state index is -0.659. The quantitative estimate of drug-likeness (QED) is 0.261. The van der Waals surface area contributed by atoms with Crippen LogP contribution in [0.4, 0.5) is 4.39 Å². The lowest BCUT2D eigenvalue weighted by Crippen LogP contribution is -2.35. The van der Waals surface area contributed by atoms with Crippen LogP contribution in [0.15, 0.2) is 63.9 Å². The van der Waals surface area contributed by atoms with Crippen LogP contribution in [0.2, 0.25) is 0 Å². The number of nitrogens with zero attached hydrogens (tertiary/aromatic N) is 6. The molecule has 1 unspecified atom stereocenters. The van der Waals surface area contributed by atoms with E-state index in [1.54, 1.807) is 18.2 Å². The van der Waals surface area contributed by atoms with Crippen molar-refractivity contribution >= 4 is 11.0 Å². The third-order valence-electron chi connectivity index (χ3n) is 8.39. The Bertz CT molecular complexity index is 1900. The summed E-state index contributed by atoms with van der Waals surface area (Å²) in [4.78, 5) is 27.5. The predicted molar refractivity (Wildman–Crippen MR) is 157 cm³/mol. The molecule has 1 N–H and O–H groups in total. The number of hydrogen-bond donors (Lipinski definition) is 1. The van der Waals surface area contributed by atoms with Crippen molar-refractivity contribution in [1.82, 2.24) is 29.6 Å². The highest BCUT2D eigenvalue weighted by molar-refractivity contribution is 5.81. The number of benzene rings is 2. The van der Waals surface area contributed by atoms with Crippen molar-refractivity contribution in [1.29, 1.82) is 5.26 Å². The van der Waals surface area contributed by atoms with Gasteiger partial charge in [0, 0.05) is 35.4 Å². The number of H-pyrrole nitrogens is 1. The van der Waals surface area contributed by atoms with Crippen molar-refractivity contribution in [2.45, 2.75) is 51.0 Å². The first kappa shape index (κ1) is 27.9. The largest absolute Gasteiger partial charge is 0.473 e. The van der Waals surface area contributed by atoms with E-state index in [9.17, 15) is 9.18 Å². The number of aromatic amines is 1. The number of piperidine rings is 1. The summed E-state index contributed by atoms with van der Waals surface area (Å²) < 4.78 is 32.8. The summed E-state index contributed by atoms with van der Waals surface area (Å²) in [5.41, 5.74) is 4.23. The minimum absolute atomic E-state index is 0.0390. The highest BCUT2D eigenvalue weighted by atomic mass is 19.1. The van der Waals surface area contributed by atoms with E-state index in [1.165, 1.54) is 6.07 Å². The lowest BCUT2D eigenvalue weighted by molar-refractivity contribution is -0.0592. The van der Waals surface area contributed by atoms with Gasteiger partial charge in [0.05, 0.1) is 41.9 Å². The standard InChI is InChI=1S/C32H30FN7O4/c33-25-14-20(16-34)4-5-23(25)19-43-30-3-1-2-26(36-30)21-8-11-39(12-9-21)18-29-35-27-7-6-22(31-37-32(41)44-38-31)15-28(27)40(29)17-24-10-13-42-24/h1-7,14-15,21,24H,8-13,17-19H2,(H,37,38,41). The molecule has 2 aliphatic rings. The molecule has 0 spiro atoms. The number of imidazole rings is 1. The summed E-state index contributed by atoms with van der Waals surface area (Å²) in [6.45, 7) is 4.02. The van der Waals surface area contributed by atoms with Gasteiger partial charge in [0.15, 0.2) is 5.82 Å². The minimum Gasteiger partial charge on any atom is -0.473 e. The third-order valence-corrected chi connectivity index (χ3v) is 8.39. The summed E-state index contributed by atoms with van der Waals surface area (Å²) in [6.07, 6.45) is 3.05. The van der Waals surface area contributed by atoms with Crippen molar-refractivity contribution in [3.63, 3.8) is 0 Å². The van der Waals surface area contributed by atoms with E-state index in [1.807, 2.05) is 36.4 Å². The topological polar surface area (TPSA) is 135 Å². The second-order valence-corrected chi connectivity index (χ2v) is 11.2. The zero-order chi connectivity index (χ0) is 30.0. The van der Waals surface area contributed by atoms with Crippen LogP contribution in [-0.2, 0) is 24.4 Å². The van der Waals surface area contributed by atoms with E-state index in [0.717, 1.165) is 67.1 Å². The van der Waals surface area contributed by atoms with Gasteiger partial charge in [0.1, 0.15) is 18.2 Å². The van der Waals surface area contributed by atoms with E-state index in [2.05, 4.69) is 19.6 Å². The molecule has 2 aromatic carbocycles. The van der Waals surface area contributed by atoms with Gasteiger partial charge in [-0.2, -0.15) is 15.4 Å². The Morgan fingerprint density at radius 2 is 1.93 bits per heavy atom. The SMILES string of the molecule is N#Cc1ccc(COc2cccc(C3CCN(Cc4nc5ccc(-c6nc(=O)o[nH]6)cc5n4CC4CCO4)CC3)n2)c(F)c1. The summed E-state index contributed by atoms with van der Waals surface area (Å²) >= 11 is 0. The molecule has 1 atom stereocenters. The van der Waals surface area contributed by atoms with Crippen LogP contribution in [0, 0.1) is 17.1 Å². The Labute approximate surface area is 251 Å². The molecule has 2 saturated heterocycles. The van der Waals surface area contributed by atoms with E-state index in [4.69, 9.17) is 29.2 Å². The molecule has 44 heavy (non-hydrogen) atoms. The molecule has 224 valence electrons. The zero-order valence-electron chi connectivity index (χ0n) is 23.9. The summed E-state index contributed by atoms with van der Waals surface area (Å²) in [6, 6.07) is 17.8. The highest BCUT2D eigenvalue weighted by Crippen LogP contribution is 2.30. The molecular weight excluding hydrogens is 565 g/mol. The fourth-order valence-corrected chi connectivity index (χ4v) is 5.84. The van der Waals surface area contributed by atoms with E-state index in [0.29, 0.717) is 30.4 Å². The van der Waals surface area contributed by atoms with Crippen LogP contribution in [0.5, 0.6) is 5.88 Å². The number of pyridine rings is 1. The Kier molecular flexibility index (Phi) is 7.64. The molecule has 0 aliphatic carbocycles. The van der Waals surface area contributed by atoms with Crippen molar-refractivity contribution in [2.24, 2.45) is 0 Å². The lowest BCUT2D eigenvalue weighted by Gasteiger charge is -2.32. The van der Waals surface area contributed by atoms with Crippen molar-refractivity contribution in [3.8, 4) is 23.3 Å². The Hall–Kier alpha value is -4.86. The number of rotatable bonds is 9. The smallest absolute Gasteiger partial charge is 0.460 e. The van der Waals surface area contributed by atoms with Crippen LogP contribution in [-0.4, -0.2) is 55.4 Å². The molecule has 0 amide bonds. The average Bonchev–Trinajstić information content (AvgIpc) is 3.61. The summed E-state index contributed by atoms with van der Waals surface area (Å²) in [5.74, 6) is 0.980. The maximum absolute atomic E-state index is 14.3. The molecule has 2 fully saturated rings. The molecular formula is C32H30FN7O4. The number of likely N-dealkylation sites (tertiary alicyclic amines) is 1. The molecule has 2 aliphatic heterocycles. The second kappa shape index (κ2) is 12.0. The molecule has 5 aromatic rings. The van der Waals surface area contributed by atoms with Gasteiger partial charge in [0.25, 0.3) is 0 Å². The van der Waals surface area contributed by atoms with Gasteiger partial charge >= 0.3 is 5.76 Å². The number of nitrogens with one attached hydrogen (secondary N) is 1. The average molecular weight is 596 g/mol. The fourth-order valence-electron chi connectivity index (χ4n) is 5.84. The van der Waals surface area contributed by atoms with Gasteiger partial charge in [-0.15, -0.1) is 0 Å². The molecule has 5 heterocycles. The van der Waals surface area contributed by atoms with Gasteiger partial charge < -0.3 is 18.6 Å². The van der Waals surface area contributed by atoms with Crippen LogP contribution in [0.1, 0.15) is 47.8 Å². The molecule has 0 radical (unpaired) electrons. The lowest BCUT2D eigenvalue weighted by atomic mass is 9.93. The maximum Gasteiger partial charge on any atom is 0.460 e. The van der Waals surface area contributed by atoms with Crippen molar-refractivity contribution in [3.05, 3.63) is 93.6 Å². The van der Waals surface area contributed by atoms with Crippen LogP contribution in [0.25, 0.3) is 22.4 Å². The first-order valence-electron chi connectivity index (χ1n) is 14.7. The number of halogens is 1. The summed E-state index contributed by atoms with van der Waals surface area (Å²) in [5, 5.41) is 11.5. The Balaban J connectivity index is 1.02. The Morgan fingerprint density at radius 1 is 1.07 bits per heavy atom. The summed E-state index contributed by atoms with van der Waals surface area (Å²) in [7, 11) is 0. The first-order valence-corrected chi connectivity index (χ1v) is 14.7. The Morgan fingerprint density at radius 3 is 2.66 bits per heavy atom. The van der Waals surface area contributed by atoms with E-state index >= 15 is 0 Å². The monoisotopic (exact) mass is 595 g/mol. The highest BCUT2D eigenvalue weighted by Gasteiger charge is 2.26. The zero-order valence-corrected chi connectivity index (χ0v) is 23.9. The number of hydrogen-bond acceptors (Lipinski definition) is 9. The van der Waals surface area contributed by atoms with Crippen LogP contribution >= 0.6 is 0 Å². The number of ether oxygens (including phenoxy) is 2. The number of fused-ring (bicyclic) bond motifs is 1. The molecule has 7 rings (SSSR count). The molecule has 11 nitrogen and oxygen atoms in total. The number of aromatic nitrogens is 5. The first-order chi connectivity index (χ1) is 21.5. The van der Waals surface area contributed by atoms with Crippen molar-refractivity contribution < 1.29 is 18.4 Å². The van der Waals surface area contributed by atoms with Crippen molar-refractivity contribution in [2.75, 3.05) is 19.7 Å². The second-order valence-electron chi connectivity index (χ2n) is 11.2. The van der Waals surface area contributed by atoms with Gasteiger partial charge in [-0.25, -0.2) is 19.2 Å². The number of nitriles is 1. The van der Waals surface area contributed by atoms with Gasteiger partial charge in [-0.05, 0) is 68.8 Å². The van der Waals surface area contributed by atoms with Crippen LogP contribution in [0.3, 0.4) is 0 Å². The maximum atomic E-state index is 14.3. The van der Waals surface area contributed by atoms with Crippen LogP contribution < -0.4 is 10.5 Å². The predicted octanol–water partition coefficient (Wildman–Crippen LogP) is 4.53. The molecule has 0 saturated carbocycles. The van der Waals surface area contributed by atoms with Gasteiger partial charge in [-0.1, -0.05) is 12.1 Å².